The number of benzene rings is 1. The van der Waals surface area contributed by atoms with E-state index in [0.717, 1.165) is 51.9 Å². The number of piperidine rings is 1. The molecule has 25 heavy (non-hydrogen) atoms. The molecule has 6 heteroatoms. The largest absolute Gasteiger partial charge is 0.379 e. The van der Waals surface area contributed by atoms with Crippen LogP contribution >= 0.6 is 24.0 Å². The van der Waals surface area contributed by atoms with Crippen LogP contribution in [0.3, 0.4) is 0 Å². The van der Waals surface area contributed by atoms with Crippen LogP contribution in [0.5, 0.6) is 0 Å². The van der Waals surface area contributed by atoms with Crippen molar-refractivity contribution in [1.29, 1.82) is 0 Å². The zero-order chi connectivity index (χ0) is 16.8. The van der Waals surface area contributed by atoms with Gasteiger partial charge in [-0.3, -0.25) is 4.90 Å². The standard InChI is InChI=1S/C19H30N4O.HI/c1-16-6-8-23(9-7-16)19(20)21-14-17-4-2-3-5-18(17)15-22-10-12-24-13-11-22;/h2-5,16H,6-15H2,1H3,(H2,20,21);1H. The Morgan fingerprint density at radius 3 is 2.44 bits per heavy atom. The van der Waals surface area contributed by atoms with Gasteiger partial charge in [0.2, 0.25) is 0 Å². The molecule has 2 heterocycles. The van der Waals surface area contributed by atoms with Gasteiger partial charge in [0, 0.05) is 32.7 Å². The lowest BCUT2D eigenvalue weighted by Gasteiger charge is -2.31. The Hall–Kier alpha value is -0.860. The first-order valence-electron chi connectivity index (χ1n) is 9.14. The first-order valence-corrected chi connectivity index (χ1v) is 9.14. The van der Waals surface area contributed by atoms with E-state index in [1.165, 1.54) is 24.0 Å². The molecule has 0 aromatic heterocycles. The molecule has 0 aliphatic carbocycles. The lowest BCUT2D eigenvalue weighted by atomic mass is 10.00. The van der Waals surface area contributed by atoms with E-state index >= 15 is 0 Å². The Morgan fingerprint density at radius 2 is 1.76 bits per heavy atom. The van der Waals surface area contributed by atoms with Gasteiger partial charge in [-0.15, -0.1) is 24.0 Å². The van der Waals surface area contributed by atoms with E-state index in [1.54, 1.807) is 0 Å². The van der Waals surface area contributed by atoms with Gasteiger partial charge in [-0.2, -0.15) is 0 Å². The third-order valence-electron chi connectivity index (χ3n) is 5.14. The highest BCUT2D eigenvalue weighted by atomic mass is 127. The normalized spacial score (nSPS) is 20.4. The highest BCUT2D eigenvalue weighted by molar-refractivity contribution is 14.0. The molecule has 0 unspecified atom stereocenters. The van der Waals surface area contributed by atoms with E-state index in [0.29, 0.717) is 12.5 Å². The van der Waals surface area contributed by atoms with Gasteiger partial charge in [0.25, 0.3) is 0 Å². The van der Waals surface area contributed by atoms with Gasteiger partial charge in [0.15, 0.2) is 5.96 Å². The molecule has 2 fully saturated rings. The number of morpholine rings is 1. The van der Waals surface area contributed by atoms with Gasteiger partial charge in [0.05, 0.1) is 19.8 Å². The summed E-state index contributed by atoms with van der Waals surface area (Å²) in [6, 6.07) is 8.58. The lowest BCUT2D eigenvalue weighted by molar-refractivity contribution is 0.0341. The van der Waals surface area contributed by atoms with Crippen molar-refractivity contribution >= 4 is 29.9 Å². The zero-order valence-electron chi connectivity index (χ0n) is 15.2. The van der Waals surface area contributed by atoms with Crippen LogP contribution in [0, 0.1) is 5.92 Å². The Labute approximate surface area is 168 Å². The minimum atomic E-state index is 0. The molecule has 0 amide bonds. The number of likely N-dealkylation sites (tertiary alicyclic amines) is 1. The Bertz CT molecular complexity index is 552. The first-order chi connectivity index (χ1) is 11.7. The van der Waals surface area contributed by atoms with Gasteiger partial charge < -0.3 is 15.4 Å². The van der Waals surface area contributed by atoms with E-state index < -0.39 is 0 Å². The summed E-state index contributed by atoms with van der Waals surface area (Å²) >= 11 is 0. The number of nitrogens with zero attached hydrogens (tertiary/aromatic N) is 3. The van der Waals surface area contributed by atoms with Crippen molar-refractivity contribution in [3.05, 3.63) is 35.4 Å². The van der Waals surface area contributed by atoms with Crippen LogP contribution in [0.25, 0.3) is 0 Å². The molecular formula is C19H31IN4O. The number of hydrogen-bond acceptors (Lipinski definition) is 3. The van der Waals surface area contributed by atoms with Gasteiger partial charge in [0.1, 0.15) is 0 Å². The Balaban J connectivity index is 0.00000225. The van der Waals surface area contributed by atoms with Crippen molar-refractivity contribution in [2.45, 2.75) is 32.9 Å². The van der Waals surface area contributed by atoms with Crippen molar-refractivity contribution < 1.29 is 4.74 Å². The number of nitrogens with two attached hydrogens (primary N) is 1. The van der Waals surface area contributed by atoms with Crippen LogP contribution in [-0.4, -0.2) is 55.2 Å². The van der Waals surface area contributed by atoms with Crippen LogP contribution in [-0.2, 0) is 17.8 Å². The number of hydrogen-bond donors (Lipinski definition) is 1. The second-order valence-electron chi connectivity index (χ2n) is 7.00. The second kappa shape index (κ2) is 10.3. The van der Waals surface area contributed by atoms with Crippen molar-refractivity contribution in [3.63, 3.8) is 0 Å². The predicted octanol–water partition coefficient (Wildman–Crippen LogP) is 2.68. The smallest absolute Gasteiger partial charge is 0.191 e. The summed E-state index contributed by atoms with van der Waals surface area (Å²) in [5.74, 6) is 1.51. The number of halogens is 1. The molecule has 2 aliphatic rings. The van der Waals surface area contributed by atoms with Crippen molar-refractivity contribution in [2.75, 3.05) is 39.4 Å². The fourth-order valence-electron chi connectivity index (χ4n) is 3.37. The Kier molecular flexibility index (Phi) is 8.45. The first kappa shape index (κ1) is 20.5. The monoisotopic (exact) mass is 458 g/mol. The molecule has 0 spiro atoms. The molecule has 1 aromatic rings. The molecule has 0 saturated carbocycles. The van der Waals surface area contributed by atoms with E-state index in [4.69, 9.17) is 10.5 Å². The number of guanidine groups is 1. The van der Waals surface area contributed by atoms with Crippen LogP contribution in [0.4, 0.5) is 0 Å². The summed E-state index contributed by atoms with van der Waals surface area (Å²) in [5, 5.41) is 0. The quantitative estimate of drug-likeness (QED) is 0.429. The fraction of sp³-hybridized carbons (Fsp3) is 0.632. The van der Waals surface area contributed by atoms with Crippen molar-refractivity contribution in [2.24, 2.45) is 16.6 Å². The molecule has 2 saturated heterocycles. The summed E-state index contributed by atoms with van der Waals surface area (Å²) in [6.07, 6.45) is 2.42. The molecule has 2 N–H and O–H groups in total. The highest BCUT2D eigenvalue weighted by Gasteiger charge is 2.17. The molecule has 0 bridgehead atoms. The van der Waals surface area contributed by atoms with Crippen molar-refractivity contribution in [3.8, 4) is 0 Å². The average molecular weight is 458 g/mol. The lowest BCUT2D eigenvalue weighted by Crippen LogP contribution is -2.42. The van der Waals surface area contributed by atoms with E-state index in [1.807, 2.05) is 0 Å². The molecule has 1 aromatic carbocycles. The molecule has 3 rings (SSSR count). The van der Waals surface area contributed by atoms with Crippen LogP contribution in [0.15, 0.2) is 29.3 Å². The summed E-state index contributed by atoms with van der Waals surface area (Å²) in [6.45, 7) is 9.69. The Morgan fingerprint density at radius 1 is 1.12 bits per heavy atom. The van der Waals surface area contributed by atoms with Gasteiger partial charge in [-0.1, -0.05) is 31.2 Å². The fourth-order valence-corrected chi connectivity index (χ4v) is 3.37. The summed E-state index contributed by atoms with van der Waals surface area (Å²) in [5.41, 5.74) is 8.85. The maximum atomic E-state index is 6.23. The summed E-state index contributed by atoms with van der Waals surface area (Å²) < 4.78 is 5.44. The SMILES string of the molecule is CC1CCN(C(N)=NCc2ccccc2CN2CCOCC2)CC1.I. The van der Waals surface area contributed by atoms with E-state index in [9.17, 15) is 0 Å². The number of ether oxygens (including phenoxy) is 1. The van der Waals surface area contributed by atoms with E-state index in [-0.39, 0.29) is 24.0 Å². The van der Waals surface area contributed by atoms with Crippen LogP contribution < -0.4 is 5.73 Å². The molecule has 0 radical (unpaired) electrons. The maximum Gasteiger partial charge on any atom is 0.191 e. The average Bonchev–Trinajstić information content (AvgIpc) is 2.62. The zero-order valence-corrected chi connectivity index (χ0v) is 17.5. The predicted molar refractivity (Wildman–Crippen MR) is 113 cm³/mol. The summed E-state index contributed by atoms with van der Waals surface area (Å²) in [4.78, 5) is 9.35. The molecular weight excluding hydrogens is 427 g/mol. The van der Waals surface area contributed by atoms with Gasteiger partial charge >= 0.3 is 0 Å². The molecule has 5 nitrogen and oxygen atoms in total. The minimum absolute atomic E-state index is 0. The number of aliphatic imine (C=N–C) groups is 1. The van der Waals surface area contributed by atoms with Crippen LogP contribution in [0.1, 0.15) is 30.9 Å². The minimum Gasteiger partial charge on any atom is -0.379 e. The maximum absolute atomic E-state index is 6.23. The topological polar surface area (TPSA) is 54.1 Å². The second-order valence-corrected chi connectivity index (χ2v) is 7.00. The molecule has 0 atom stereocenters. The van der Waals surface area contributed by atoms with Gasteiger partial charge in [-0.25, -0.2) is 4.99 Å². The van der Waals surface area contributed by atoms with Crippen LogP contribution in [0.2, 0.25) is 0 Å². The molecule has 2 aliphatic heterocycles. The van der Waals surface area contributed by atoms with Gasteiger partial charge in [-0.05, 0) is 29.9 Å². The molecule has 140 valence electrons. The third-order valence-corrected chi connectivity index (χ3v) is 5.14. The third kappa shape index (κ3) is 6.11. The highest BCUT2D eigenvalue weighted by Crippen LogP contribution is 2.17. The van der Waals surface area contributed by atoms with E-state index in [2.05, 4.69) is 46.0 Å². The van der Waals surface area contributed by atoms with Crippen molar-refractivity contribution in [1.82, 2.24) is 9.80 Å². The summed E-state index contributed by atoms with van der Waals surface area (Å²) in [7, 11) is 0. The number of rotatable bonds is 4.